The molecule has 0 saturated heterocycles. The molecule has 2 aromatic carbocycles. The molecular weight excluding hydrogens is 413 g/mol. The summed E-state index contributed by atoms with van der Waals surface area (Å²) in [6.45, 7) is 0. The monoisotopic (exact) mass is 426 g/mol. The molecule has 1 aromatic heterocycles. The highest BCUT2D eigenvalue weighted by Crippen LogP contribution is 2.33. The summed E-state index contributed by atoms with van der Waals surface area (Å²) >= 11 is 0. The van der Waals surface area contributed by atoms with E-state index in [1.54, 1.807) is 30.3 Å². The Balaban J connectivity index is 1.74. The number of hydrazone groups is 1. The maximum atomic E-state index is 13.5. The molecule has 0 atom stereocenters. The van der Waals surface area contributed by atoms with E-state index in [-0.39, 0.29) is 28.3 Å². The highest BCUT2D eigenvalue weighted by Gasteiger charge is 2.47. The van der Waals surface area contributed by atoms with Gasteiger partial charge in [0.2, 0.25) is 0 Å². The molecule has 156 valence electrons. The molecule has 31 heavy (non-hydrogen) atoms. The zero-order valence-corrected chi connectivity index (χ0v) is 15.6. The third-order valence-corrected chi connectivity index (χ3v) is 4.48. The minimum atomic E-state index is -4.86. The van der Waals surface area contributed by atoms with Crippen molar-refractivity contribution in [3.8, 4) is 11.3 Å². The molecule has 0 radical (unpaired) electrons. The van der Waals surface area contributed by atoms with Crippen LogP contribution in [0.5, 0.6) is 0 Å². The van der Waals surface area contributed by atoms with Gasteiger partial charge in [-0.25, -0.2) is 4.79 Å². The number of hydrogen-bond donors (Lipinski definition) is 1. The number of rotatable bonds is 4. The molecule has 3 aromatic rings. The van der Waals surface area contributed by atoms with Crippen LogP contribution in [0.1, 0.15) is 16.1 Å². The van der Waals surface area contributed by atoms with Gasteiger partial charge in [0.05, 0.1) is 16.8 Å². The van der Waals surface area contributed by atoms with Gasteiger partial charge in [-0.1, -0.05) is 36.4 Å². The Morgan fingerprint density at radius 2 is 1.68 bits per heavy atom. The highest BCUT2D eigenvalue weighted by atomic mass is 19.4. The lowest BCUT2D eigenvalue weighted by Gasteiger charge is -2.10. The lowest BCUT2D eigenvalue weighted by atomic mass is 10.1. The van der Waals surface area contributed by atoms with E-state index in [0.29, 0.717) is 5.01 Å². The van der Waals surface area contributed by atoms with E-state index in [1.807, 2.05) is 0 Å². The molecule has 6 nitrogen and oxygen atoms in total. The second kappa shape index (κ2) is 7.60. The van der Waals surface area contributed by atoms with Crippen molar-refractivity contribution in [1.29, 1.82) is 0 Å². The predicted molar refractivity (Wildman–Crippen MR) is 106 cm³/mol. The largest absolute Gasteiger partial charge is 0.478 e. The van der Waals surface area contributed by atoms with Crippen molar-refractivity contribution in [2.45, 2.75) is 6.18 Å². The first-order valence-electron chi connectivity index (χ1n) is 8.95. The summed E-state index contributed by atoms with van der Waals surface area (Å²) in [6.07, 6.45) is -3.92. The summed E-state index contributed by atoms with van der Waals surface area (Å²) < 4.78 is 46.2. The van der Waals surface area contributed by atoms with Gasteiger partial charge >= 0.3 is 12.1 Å². The van der Waals surface area contributed by atoms with Gasteiger partial charge in [-0.15, -0.1) is 0 Å². The Kier molecular flexibility index (Phi) is 4.94. The quantitative estimate of drug-likeness (QED) is 0.596. The van der Waals surface area contributed by atoms with E-state index >= 15 is 0 Å². The summed E-state index contributed by atoms with van der Waals surface area (Å²) in [6, 6.07) is 16.6. The molecule has 0 bridgehead atoms. The summed E-state index contributed by atoms with van der Waals surface area (Å²) in [5.74, 6) is -2.05. The summed E-state index contributed by atoms with van der Waals surface area (Å²) in [7, 11) is 0. The number of furan rings is 1. The Hall–Kier alpha value is -4.14. The standard InChI is InChI=1S/C22H13F3N2O4/c23-22(24,25)19-17(20(28)27(26-19)13-6-2-1-3-7-13)12-14-10-11-18(31-14)15-8-4-5-9-16(15)21(29)30/h1-12H,(H,29,30)/b17-12-. The number of anilines is 1. The predicted octanol–water partition coefficient (Wildman–Crippen LogP) is 4.99. The zero-order valence-electron chi connectivity index (χ0n) is 15.6. The average molecular weight is 426 g/mol. The second-order valence-electron chi connectivity index (χ2n) is 6.51. The number of para-hydroxylation sites is 1. The van der Waals surface area contributed by atoms with Crippen LogP contribution in [0.25, 0.3) is 17.4 Å². The normalized spacial score (nSPS) is 15.5. The molecule has 1 aliphatic heterocycles. The summed E-state index contributed by atoms with van der Waals surface area (Å²) in [4.78, 5) is 24.1. The molecule has 0 saturated carbocycles. The van der Waals surface area contributed by atoms with Crippen LogP contribution in [0.4, 0.5) is 18.9 Å². The molecular formula is C22H13F3N2O4. The summed E-state index contributed by atoms with van der Waals surface area (Å²) in [5.41, 5.74) is -1.60. The van der Waals surface area contributed by atoms with Crippen molar-refractivity contribution >= 4 is 29.4 Å². The van der Waals surface area contributed by atoms with E-state index in [2.05, 4.69) is 5.10 Å². The van der Waals surface area contributed by atoms with E-state index in [0.717, 1.165) is 6.08 Å². The number of alkyl halides is 3. The SMILES string of the molecule is O=C(O)c1ccccc1-c1ccc(/C=C2\C(=O)N(c3ccccc3)N=C2C(F)(F)F)o1. The highest BCUT2D eigenvalue weighted by molar-refractivity contribution is 6.34. The Morgan fingerprint density at radius 1 is 1.00 bits per heavy atom. The van der Waals surface area contributed by atoms with Gasteiger partial charge < -0.3 is 9.52 Å². The Labute approximate surface area is 173 Å². The Morgan fingerprint density at radius 3 is 2.35 bits per heavy atom. The van der Waals surface area contributed by atoms with Crippen LogP contribution in [0.3, 0.4) is 0 Å². The smallest absolute Gasteiger partial charge is 0.435 e. The van der Waals surface area contributed by atoms with Crippen LogP contribution >= 0.6 is 0 Å². The third-order valence-electron chi connectivity index (χ3n) is 4.48. The fourth-order valence-electron chi connectivity index (χ4n) is 3.10. The Bertz CT molecular complexity index is 1230. The number of carboxylic acid groups (broad SMARTS) is 1. The van der Waals surface area contributed by atoms with E-state index < -0.39 is 29.3 Å². The van der Waals surface area contributed by atoms with Crippen LogP contribution in [-0.4, -0.2) is 28.9 Å². The van der Waals surface area contributed by atoms with Crippen molar-refractivity contribution in [2.75, 3.05) is 5.01 Å². The fraction of sp³-hybridized carbons (Fsp3) is 0.0455. The zero-order chi connectivity index (χ0) is 22.2. The molecule has 0 aliphatic carbocycles. The number of carbonyl (C=O) groups is 2. The molecule has 2 heterocycles. The number of nitrogens with zero attached hydrogens (tertiary/aromatic N) is 2. The molecule has 1 N–H and O–H groups in total. The minimum Gasteiger partial charge on any atom is -0.478 e. The number of benzene rings is 2. The van der Waals surface area contributed by atoms with E-state index in [1.165, 1.54) is 36.4 Å². The van der Waals surface area contributed by atoms with Gasteiger partial charge in [-0.2, -0.15) is 23.3 Å². The summed E-state index contributed by atoms with van der Waals surface area (Å²) in [5, 5.41) is 13.5. The van der Waals surface area contributed by atoms with Crippen molar-refractivity contribution in [3.05, 3.63) is 83.6 Å². The van der Waals surface area contributed by atoms with Crippen LogP contribution in [0, 0.1) is 0 Å². The lowest BCUT2D eigenvalue weighted by Crippen LogP contribution is -2.25. The topological polar surface area (TPSA) is 83.1 Å². The van der Waals surface area contributed by atoms with Crippen LogP contribution in [-0.2, 0) is 4.79 Å². The van der Waals surface area contributed by atoms with Crippen LogP contribution in [0.2, 0.25) is 0 Å². The van der Waals surface area contributed by atoms with Crippen molar-refractivity contribution in [2.24, 2.45) is 5.10 Å². The third kappa shape index (κ3) is 3.85. The van der Waals surface area contributed by atoms with Crippen molar-refractivity contribution < 1.29 is 32.3 Å². The van der Waals surface area contributed by atoms with Crippen LogP contribution < -0.4 is 5.01 Å². The fourth-order valence-corrected chi connectivity index (χ4v) is 3.10. The first-order valence-corrected chi connectivity index (χ1v) is 8.95. The van der Waals surface area contributed by atoms with Gasteiger partial charge in [0.1, 0.15) is 11.5 Å². The first-order chi connectivity index (χ1) is 14.8. The lowest BCUT2D eigenvalue weighted by molar-refractivity contribution is -0.114. The molecule has 0 spiro atoms. The molecule has 9 heteroatoms. The maximum Gasteiger partial charge on any atom is 0.435 e. The number of carboxylic acids is 1. The number of amides is 1. The van der Waals surface area contributed by atoms with Crippen LogP contribution in [0.15, 0.2) is 81.8 Å². The molecule has 1 amide bonds. The van der Waals surface area contributed by atoms with Crippen molar-refractivity contribution in [3.63, 3.8) is 0 Å². The van der Waals surface area contributed by atoms with Gasteiger partial charge in [0.15, 0.2) is 5.71 Å². The van der Waals surface area contributed by atoms with E-state index in [4.69, 9.17) is 4.42 Å². The van der Waals surface area contributed by atoms with Gasteiger partial charge in [0.25, 0.3) is 5.91 Å². The van der Waals surface area contributed by atoms with Crippen molar-refractivity contribution in [1.82, 2.24) is 0 Å². The average Bonchev–Trinajstić information content (AvgIpc) is 3.34. The molecule has 0 fully saturated rings. The molecule has 1 aliphatic rings. The number of aromatic carboxylic acids is 1. The second-order valence-corrected chi connectivity index (χ2v) is 6.51. The number of hydrogen-bond acceptors (Lipinski definition) is 4. The molecule has 4 rings (SSSR count). The van der Waals surface area contributed by atoms with Gasteiger partial charge in [-0.05, 0) is 36.4 Å². The number of halogens is 3. The van der Waals surface area contributed by atoms with E-state index in [9.17, 15) is 27.9 Å². The minimum absolute atomic E-state index is 0.0270. The first kappa shape index (κ1) is 20.1. The van der Waals surface area contributed by atoms with Gasteiger partial charge in [0, 0.05) is 5.56 Å². The number of carbonyl (C=O) groups excluding carboxylic acids is 1. The maximum absolute atomic E-state index is 13.5. The molecule has 0 unspecified atom stereocenters. The van der Waals surface area contributed by atoms with Gasteiger partial charge in [-0.3, -0.25) is 4.79 Å².